The third-order valence-corrected chi connectivity index (χ3v) is 9.67. The van der Waals surface area contributed by atoms with Crippen LogP contribution in [0.2, 0.25) is 0 Å². The smallest absolute Gasteiger partial charge is 0.410 e. The average molecular weight is 664 g/mol. The Bertz CT molecular complexity index is 1490. The van der Waals surface area contributed by atoms with E-state index in [1.54, 1.807) is 29.9 Å². The topological polar surface area (TPSA) is 138 Å². The molecule has 3 atom stereocenters. The predicted molar refractivity (Wildman–Crippen MR) is 180 cm³/mol. The molecule has 3 fully saturated rings. The zero-order chi connectivity index (χ0) is 34.0. The number of nitrogens with one attached hydrogen (secondary N) is 2. The van der Waals surface area contributed by atoms with Crippen molar-refractivity contribution in [1.29, 1.82) is 0 Å². The Labute approximate surface area is 282 Å². The molecule has 13 heteroatoms. The van der Waals surface area contributed by atoms with Crippen molar-refractivity contribution in [2.75, 3.05) is 56.8 Å². The molecule has 2 saturated heterocycles. The molecule has 1 aromatic heterocycles. The quantitative estimate of drug-likeness (QED) is 0.361. The van der Waals surface area contributed by atoms with Crippen molar-refractivity contribution in [2.24, 2.45) is 11.8 Å². The number of benzene rings is 1. The molecule has 2 unspecified atom stereocenters. The second-order valence-corrected chi connectivity index (χ2v) is 14.6. The molecule has 13 nitrogen and oxygen atoms in total. The highest BCUT2D eigenvalue weighted by atomic mass is 16.7. The number of carbonyl (C=O) groups excluding carboxylic acids is 3. The molecule has 260 valence electrons. The molecule has 0 spiro atoms. The number of ether oxygens (including phenoxy) is 3. The van der Waals surface area contributed by atoms with Crippen molar-refractivity contribution in [3.63, 3.8) is 0 Å². The normalized spacial score (nSPS) is 22.1. The van der Waals surface area contributed by atoms with Crippen LogP contribution in [0, 0.1) is 11.8 Å². The minimum atomic E-state index is -0.645. The number of aromatic nitrogens is 2. The standard InChI is InChI=1S/C35H49N7O6/c1-22(43)40-19-27(20-40)37-31-15-30(38-33(39-31)41-16-23-6-7-24(12-23)17-41)32(44)36-11-10-28-13-25-8-9-29(47-21-46-5)14-26(25)18-42(28)34(45)48-35(2,3)4/h8-9,14-15,23-24,27-28H,6-7,10-13,16-21H2,1-5H3,(H,36,44)(H,37,38,39)/t23?,24?,28-/m1/s1. The van der Waals surface area contributed by atoms with Gasteiger partial charge in [0.25, 0.3) is 5.91 Å². The molecule has 3 amide bonds. The molecular formula is C35H49N7O6. The largest absolute Gasteiger partial charge is 0.468 e. The summed E-state index contributed by atoms with van der Waals surface area (Å²) in [5.41, 5.74) is 1.77. The summed E-state index contributed by atoms with van der Waals surface area (Å²) in [4.78, 5) is 54.0. The number of hydrogen-bond donors (Lipinski definition) is 2. The SMILES string of the molecule is COCOc1ccc2c(c1)CN(C(=O)OC(C)(C)C)[C@H](CCNC(=O)c1cc(NC3CN(C(C)=O)C3)nc(N3CC4CCC(C4)C3)n1)C2. The molecule has 4 heterocycles. The first-order valence-electron chi connectivity index (χ1n) is 17.1. The minimum Gasteiger partial charge on any atom is -0.468 e. The van der Waals surface area contributed by atoms with Gasteiger partial charge in [-0.25, -0.2) is 9.78 Å². The van der Waals surface area contributed by atoms with E-state index in [0.717, 1.165) is 24.2 Å². The Balaban J connectivity index is 1.15. The van der Waals surface area contributed by atoms with E-state index in [2.05, 4.69) is 15.5 Å². The third-order valence-electron chi connectivity index (χ3n) is 9.67. The van der Waals surface area contributed by atoms with Crippen LogP contribution in [0.5, 0.6) is 5.75 Å². The molecule has 2 aromatic rings. The van der Waals surface area contributed by atoms with Crippen LogP contribution in [0.3, 0.4) is 0 Å². The van der Waals surface area contributed by atoms with Gasteiger partial charge in [-0.3, -0.25) is 9.59 Å². The van der Waals surface area contributed by atoms with Gasteiger partial charge in [0, 0.05) is 65.4 Å². The van der Waals surface area contributed by atoms with E-state index in [0.29, 0.717) is 74.1 Å². The van der Waals surface area contributed by atoms with Crippen LogP contribution in [0.15, 0.2) is 24.3 Å². The van der Waals surface area contributed by atoms with Crippen molar-refractivity contribution >= 4 is 29.7 Å². The summed E-state index contributed by atoms with van der Waals surface area (Å²) in [5, 5.41) is 6.48. The molecule has 3 aliphatic heterocycles. The summed E-state index contributed by atoms with van der Waals surface area (Å²) < 4.78 is 16.5. The molecule has 1 aromatic carbocycles. The van der Waals surface area contributed by atoms with Crippen LogP contribution in [0.1, 0.15) is 75.0 Å². The Morgan fingerprint density at radius 1 is 1.00 bits per heavy atom. The highest BCUT2D eigenvalue weighted by molar-refractivity contribution is 5.93. The van der Waals surface area contributed by atoms with Gasteiger partial charge in [0.1, 0.15) is 22.9 Å². The molecule has 1 saturated carbocycles. The molecule has 0 radical (unpaired) electrons. The predicted octanol–water partition coefficient (Wildman–Crippen LogP) is 3.82. The van der Waals surface area contributed by atoms with Gasteiger partial charge in [0.2, 0.25) is 11.9 Å². The summed E-state index contributed by atoms with van der Waals surface area (Å²) in [5.74, 6) is 2.86. The highest BCUT2D eigenvalue weighted by Gasteiger charge is 2.36. The second-order valence-electron chi connectivity index (χ2n) is 14.6. The fourth-order valence-corrected chi connectivity index (χ4v) is 7.25. The first-order chi connectivity index (χ1) is 22.9. The summed E-state index contributed by atoms with van der Waals surface area (Å²) in [6.07, 6.45) is 4.47. The van der Waals surface area contributed by atoms with E-state index >= 15 is 0 Å². The van der Waals surface area contributed by atoms with Gasteiger partial charge in [0.15, 0.2) is 6.79 Å². The number of carbonyl (C=O) groups is 3. The fraction of sp³-hybridized carbons (Fsp3) is 0.629. The van der Waals surface area contributed by atoms with Crippen molar-refractivity contribution in [1.82, 2.24) is 25.1 Å². The zero-order valence-electron chi connectivity index (χ0n) is 28.8. The number of piperidine rings is 1. The van der Waals surface area contributed by atoms with Gasteiger partial charge in [-0.05, 0) is 88.0 Å². The summed E-state index contributed by atoms with van der Waals surface area (Å²) in [7, 11) is 1.57. The van der Waals surface area contributed by atoms with E-state index in [9.17, 15) is 14.4 Å². The number of fused-ring (bicyclic) bond motifs is 3. The maximum atomic E-state index is 13.6. The molecule has 6 rings (SSSR count). The maximum Gasteiger partial charge on any atom is 0.410 e. The van der Waals surface area contributed by atoms with E-state index in [1.807, 2.05) is 39.0 Å². The monoisotopic (exact) mass is 663 g/mol. The number of nitrogens with zero attached hydrogens (tertiary/aromatic N) is 5. The van der Waals surface area contributed by atoms with Gasteiger partial charge < -0.3 is 39.5 Å². The number of rotatable bonds is 10. The fourth-order valence-electron chi connectivity index (χ4n) is 7.25. The number of likely N-dealkylation sites (tertiary alicyclic amines) is 1. The summed E-state index contributed by atoms with van der Waals surface area (Å²) in [6, 6.07) is 7.47. The number of amides is 3. The van der Waals surface area contributed by atoms with Crippen LogP contribution in [-0.4, -0.2) is 102 Å². The average Bonchev–Trinajstić information content (AvgIpc) is 3.36. The Kier molecular flexibility index (Phi) is 9.95. The van der Waals surface area contributed by atoms with Crippen LogP contribution in [0.4, 0.5) is 16.6 Å². The molecule has 4 aliphatic rings. The van der Waals surface area contributed by atoms with E-state index in [4.69, 9.17) is 24.2 Å². The molecule has 2 N–H and O–H groups in total. The van der Waals surface area contributed by atoms with Gasteiger partial charge in [-0.15, -0.1) is 0 Å². The lowest BCUT2D eigenvalue weighted by molar-refractivity contribution is -0.132. The molecule has 1 aliphatic carbocycles. The van der Waals surface area contributed by atoms with Crippen molar-refractivity contribution in [3.8, 4) is 5.75 Å². The highest BCUT2D eigenvalue weighted by Crippen LogP contribution is 2.37. The van der Waals surface area contributed by atoms with Gasteiger partial charge >= 0.3 is 6.09 Å². The zero-order valence-corrected chi connectivity index (χ0v) is 28.8. The molecule has 2 bridgehead atoms. The molecular weight excluding hydrogens is 614 g/mol. The van der Waals surface area contributed by atoms with Gasteiger partial charge in [-0.1, -0.05) is 6.07 Å². The minimum absolute atomic E-state index is 0.0489. The van der Waals surface area contributed by atoms with E-state index in [1.165, 1.54) is 19.3 Å². The van der Waals surface area contributed by atoms with Gasteiger partial charge in [-0.2, -0.15) is 4.98 Å². The van der Waals surface area contributed by atoms with E-state index in [-0.39, 0.29) is 30.7 Å². The maximum absolute atomic E-state index is 13.6. The number of anilines is 2. The number of methoxy groups -OCH3 is 1. The lowest BCUT2D eigenvalue weighted by Crippen LogP contribution is -2.56. The first kappa shape index (κ1) is 33.8. The van der Waals surface area contributed by atoms with Crippen molar-refractivity contribution in [2.45, 2.75) is 84.0 Å². The van der Waals surface area contributed by atoms with Crippen molar-refractivity contribution in [3.05, 3.63) is 41.1 Å². The lowest BCUT2D eigenvalue weighted by atomic mass is 9.92. The van der Waals surface area contributed by atoms with Crippen LogP contribution in [0.25, 0.3) is 0 Å². The van der Waals surface area contributed by atoms with Crippen LogP contribution >= 0.6 is 0 Å². The Hall–Kier alpha value is -4.13. The van der Waals surface area contributed by atoms with Gasteiger partial charge in [0.05, 0.1) is 6.04 Å². The molecule has 48 heavy (non-hydrogen) atoms. The summed E-state index contributed by atoms with van der Waals surface area (Å²) >= 11 is 0. The number of hydrogen-bond acceptors (Lipinski definition) is 10. The first-order valence-corrected chi connectivity index (χ1v) is 17.1. The van der Waals surface area contributed by atoms with Crippen LogP contribution in [-0.2, 0) is 27.2 Å². The summed E-state index contributed by atoms with van der Waals surface area (Å²) in [6.45, 7) is 11.0. The van der Waals surface area contributed by atoms with Crippen LogP contribution < -0.4 is 20.3 Å². The third kappa shape index (κ3) is 8.11. The van der Waals surface area contributed by atoms with Crippen molar-refractivity contribution < 1.29 is 28.6 Å². The Morgan fingerprint density at radius 2 is 1.75 bits per heavy atom. The lowest BCUT2D eigenvalue weighted by Gasteiger charge is -2.39. The second kappa shape index (κ2) is 14.2. The Morgan fingerprint density at radius 3 is 2.44 bits per heavy atom. The van der Waals surface area contributed by atoms with E-state index < -0.39 is 11.7 Å².